The van der Waals surface area contributed by atoms with Crippen LogP contribution >= 0.6 is 0 Å². The minimum absolute atomic E-state index is 0.0338. The Labute approximate surface area is 156 Å². The molecule has 3 nitrogen and oxygen atoms in total. The number of hydrogen-bond acceptors (Lipinski definition) is 3. The van der Waals surface area contributed by atoms with Crippen LogP contribution in [0.1, 0.15) is 63.0 Å². The summed E-state index contributed by atoms with van der Waals surface area (Å²) >= 11 is 0. The highest BCUT2D eigenvalue weighted by atomic mass is 16.7. The minimum Gasteiger partial charge on any atom is -0.497 e. The monoisotopic (exact) mass is 352 g/mol. The lowest BCUT2D eigenvalue weighted by Gasteiger charge is -2.48. The predicted molar refractivity (Wildman–Crippen MR) is 102 cm³/mol. The molecule has 3 heteroatoms. The van der Waals surface area contributed by atoms with Gasteiger partial charge in [0.2, 0.25) is 0 Å². The number of hydrogen-bond donors (Lipinski definition) is 0. The molecule has 0 amide bonds. The van der Waals surface area contributed by atoms with E-state index in [0.717, 1.165) is 51.1 Å². The Kier molecular flexibility index (Phi) is 3.64. The zero-order valence-corrected chi connectivity index (χ0v) is 16.1. The maximum atomic E-state index is 6.26. The van der Waals surface area contributed by atoms with Crippen molar-refractivity contribution in [2.45, 2.75) is 57.7 Å². The average Bonchev–Trinajstić information content (AvgIpc) is 3.28. The Morgan fingerprint density at radius 1 is 1.19 bits per heavy atom. The van der Waals surface area contributed by atoms with Crippen LogP contribution < -0.4 is 4.74 Å². The Hall–Kier alpha value is -1.58. The molecule has 1 saturated heterocycles. The van der Waals surface area contributed by atoms with E-state index in [2.05, 4.69) is 38.1 Å². The van der Waals surface area contributed by atoms with Crippen LogP contribution in [-0.2, 0) is 9.47 Å². The molecule has 1 fully saturated rings. The number of rotatable bonds is 2. The second-order valence-electron chi connectivity index (χ2n) is 8.22. The number of allylic oxidation sites excluding steroid dienone is 2. The Balaban J connectivity index is 1.64. The van der Waals surface area contributed by atoms with Gasteiger partial charge in [0.1, 0.15) is 5.75 Å². The van der Waals surface area contributed by atoms with E-state index < -0.39 is 5.79 Å². The van der Waals surface area contributed by atoms with Crippen molar-refractivity contribution >= 4 is 5.57 Å². The molecular weight excluding hydrogens is 324 g/mol. The van der Waals surface area contributed by atoms with E-state index in [1.807, 2.05) is 0 Å². The van der Waals surface area contributed by atoms with Gasteiger partial charge >= 0.3 is 0 Å². The highest BCUT2D eigenvalue weighted by molar-refractivity contribution is 5.80. The van der Waals surface area contributed by atoms with Crippen LogP contribution in [0.25, 0.3) is 5.57 Å². The summed E-state index contributed by atoms with van der Waals surface area (Å²) in [6.07, 6.45) is 7.76. The third-order valence-electron chi connectivity index (χ3n) is 7.29. The zero-order chi connectivity index (χ0) is 17.9. The van der Waals surface area contributed by atoms with E-state index in [1.165, 1.54) is 16.7 Å². The van der Waals surface area contributed by atoms with Crippen LogP contribution in [0.15, 0.2) is 35.4 Å². The van der Waals surface area contributed by atoms with E-state index in [9.17, 15) is 0 Å². The van der Waals surface area contributed by atoms with E-state index >= 15 is 0 Å². The fraction of sp³-hybridized carbons (Fsp3) is 0.565. The molecule has 0 aromatic heterocycles. The summed E-state index contributed by atoms with van der Waals surface area (Å²) in [6, 6.07) is 6.61. The number of methoxy groups -OCH3 is 1. The molecule has 3 aliphatic carbocycles. The van der Waals surface area contributed by atoms with Crippen LogP contribution in [0.5, 0.6) is 5.75 Å². The summed E-state index contributed by atoms with van der Waals surface area (Å²) in [6.45, 7) is 6.11. The van der Waals surface area contributed by atoms with Crippen molar-refractivity contribution in [3.8, 4) is 5.75 Å². The van der Waals surface area contributed by atoms with Gasteiger partial charge < -0.3 is 14.2 Å². The lowest BCUT2D eigenvalue weighted by molar-refractivity contribution is -0.218. The quantitative estimate of drug-likeness (QED) is 0.730. The smallest absolute Gasteiger partial charge is 0.181 e. The second kappa shape index (κ2) is 5.71. The molecule has 1 aliphatic heterocycles. The first kappa shape index (κ1) is 16.6. The van der Waals surface area contributed by atoms with Crippen molar-refractivity contribution in [3.63, 3.8) is 0 Å². The first-order valence-electron chi connectivity index (χ1n) is 10.0. The lowest BCUT2D eigenvalue weighted by Crippen LogP contribution is -2.48. The number of benzene rings is 1. The highest BCUT2D eigenvalue weighted by Gasteiger charge is 2.61. The molecule has 26 heavy (non-hydrogen) atoms. The summed E-state index contributed by atoms with van der Waals surface area (Å²) in [7, 11) is 1.75. The molecule has 0 saturated carbocycles. The minimum atomic E-state index is -0.404. The topological polar surface area (TPSA) is 27.7 Å². The van der Waals surface area contributed by atoms with Crippen molar-refractivity contribution in [1.82, 2.24) is 0 Å². The molecular formula is C23H28O3. The van der Waals surface area contributed by atoms with Crippen LogP contribution in [0.3, 0.4) is 0 Å². The molecule has 1 heterocycles. The standard InChI is InChI=1S/C23H28O3/c1-4-22-9-7-18-17-6-5-16(24-3)14-19(17)15(2)13-20(18)21(22)8-10-23(22)25-11-12-26-23/h5-6,8,14-15H,4,7,9-13H2,1-3H3/t15?,22-/m0/s1. The van der Waals surface area contributed by atoms with E-state index in [4.69, 9.17) is 14.2 Å². The van der Waals surface area contributed by atoms with Gasteiger partial charge in [0.15, 0.2) is 5.79 Å². The van der Waals surface area contributed by atoms with Gasteiger partial charge in [0.05, 0.1) is 20.3 Å². The molecule has 1 unspecified atom stereocenters. The fourth-order valence-corrected chi connectivity index (χ4v) is 6.00. The molecule has 0 bridgehead atoms. The van der Waals surface area contributed by atoms with Gasteiger partial charge in [-0.3, -0.25) is 0 Å². The summed E-state index contributed by atoms with van der Waals surface area (Å²) in [5.74, 6) is 1.07. The summed E-state index contributed by atoms with van der Waals surface area (Å²) in [4.78, 5) is 0. The number of ether oxygens (including phenoxy) is 3. The molecule has 4 aliphatic rings. The van der Waals surface area contributed by atoms with Crippen molar-refractivity contribution in [2.75, 3.05) is 20.3 Å². The van der Waals surface area contributed by atoms with Gasteiger partial charge in [-0.25, -0.2) is 0 Å². The largest absolute Gasteiger partial charge is 0.497 e. The Morgan fingerprint density at radius 2 is 2.00 bits per heavy atom. The van der Waals surface area contributed by atoms with Gasteiger partial charge in [0, 0.05) is 11.8 Å². The normalized spacial score (nSPS) is 31.5. The first-order chi connectivity index (χ1) is 12.6. The second-order valence-corrected chi connectivity index (χ2v) is 8.22. The van der Waals surface area contributed by atoms with Gasteiger partial charge in [-0.15, -0.1) is 0 Å². The predicted octanol–water partition coefficient (Wildman–Crippen LogP) is 5.22. The van der Waals surface area contributed by atoms with Crippen LogP contribution in [0, 0.1) is 5.41 Å². The molecule has 5 rings (SSSR count). The van der Waals surface area contributed by atoms with Crippen LogP contribution in [0.4, 0.5) is 0 Å². The summed E-state index contributed by atoms with van der Waals surface area (Å²) in [5.41, 5.74) is 7.54. The molecule has 1 aromatic rings. The van der Waals surface area contributed by atoms with Gasteiger partial charge in [-0.05, 0) is 71.6 Å². The summed E-state index contributed by atoms with van der Waals surface area (Å²) < 4.78 is 18.0. The molecule has 138 valence electrons. The van der Waals surface area contributed by atoms with Crippen LogP contribution in [-0.4, -0.2) is 26.1 Å². The van der Waals surface area contributed by atoms with E-state index in [1.54, 1.807) is 18.3 Å². The lowest BCUT2D eigenvalue weighted by atomic mass is 9.60. The van der Waals surface area contributed by atoms with Crippen molar-refractivity contribution in [1.29, 1.82) is 0 Å². The van der Waals surface area contributed by atoms with Gasteiger partial charge in [-0.1, -0.05) is 26.0 Å². The molecule has 0 N–H and O–H groups in total. The molecule has 1 aromatic carbocycles. The third-order valence-corrected chi connectivity index (χ3v) is 7.29. The van der Waals surface area contributed by atoms with E-state index in [0.29, 0.717) is 5.92 Å². The maximum Gasteiger partial charge on any atom is 0.181 e. The van der Waals surface area contributed by atoms with Gasteiger partial charge in [0.25, 0.3) is 0 Å². The SMILES string of the molecule is CC[C@]12CCC3=C(CC(C)c4cc(OC)ccc43)C1=CCC21OCCO1. The van der Waals surface area contributed by atoms with Gasteiger partial charge in [-0.2, -0.15) is 0 Å². The maximum absolute atomic E-state index is 6.26. The first-order valence-corrected chi connectivity index (χ1v) is 10.0. The molecule has 1 spiro atoms. The fourth-order valence-electron chi connectivity index (χ4n) is 6.00. The Bertz CT molecular complexity index is 813. The van der Waals surface area contributed by atoms with Crippen molar-refractivity contribution < 1.29 is 14.2 Å². The third kappa shape index (κ3) is 1.96. The molecule has 0 radical (unpaired) electrons. The van der Waals surface area contributed by atoms with Crippen molar-refractivity contribution in [2.24, 2.45) is 5.41 Å². The highest BCUT2D eigenvalue weighted by Crippen LogP contribution is 2.64. The average molecular weight is 352 g/mol. The Morgan fingerprint density at radius 3 is 2.73 bits per heavy atom. The zero-order valence-electron chi connectivity index (χ0n) is 16.1. The van der Waals surface area contributed by atoms with Crippen molar-refractivity contribution in [3.05, 3.63) is 46.5 Å². The summed E-state index contributed by atoms with van der Waals surface area (Å²) in [5, 5.41) is 0. The van der Waals surface area contributed by atoms with Crippen LogP contribution in [0.2, 0.25) is 0 Å². The molecule has 2 atom stereocenters. The van der Waals surface area contributed by atoms with E-state index in [-0.39, 0.29) is 5.41 Å². The number of fused-ring (bicyclic) bond motifs is 5.